The molecule has 1 saturated heterocycles. The molecule has 6 nitrogen and oxygen atoms in total. The van der Waals surface area contributed by atoms with Crippen molar-refractivity contribution in [2.45, 2.75) is 25.3 Å². The van der Waals surface area contributed by atoms with E-state index in [-0.39, 0.29) is 5.91 Å². The summed E-state index contributed by atoms with van der Waals surface area (Å²) in [6.45, 7) is 1.75. The van der Waals surface area contributed by atoms with Crippen molar-refractivity contribution in [1.82, 2.24) is 10.6 Å². The van der Waals surface area contributed by atoms with Crippen molar-refractivity contribution in [2.24, 2.45) is 0 Å². The van der Waals surface area contributed by atoms with Crippen LogP contribution in [0.15, 0.2) is 36.4 Å². The molecule has 0 aromatic heterocycles. The fourth-order valence-corrected chi connectivity index (χ4v) is 3.55. The number of amides is 1. The molecule has 0 aliphatic carbocycles. The Morgan fingerprint density at radius 1 is 1.07 bits per heavy atom. The van der Waals surface area contributed by atoms with Crippen LogP contribution >= 0.6 is 0 Å². The van der Waals surface area contributed by atoms with Crippen molar-refractivity contribution >= 4 is 5.91 Å². The summed E-state index contributed by atoms with van der Waals surface area (Å²) in [5.41, 5.74) is 2.43. The Morgan fingerprint density at radius 2 is 1.82 bits per heavy atom. The molecule has 0 saturated carbocycles. The average molecular weight is 384 g/mol. The van der Waals surface area contributed by atoms with Gasteiger partial charge in [0.05, 0.1) is 21.3 Å². The van der Waals surface area contributed by atoms with Crippen molar-refractivity contribution in [3.63, 3.8) is 0 Å². The molecule has 1 atom stereocenters. The molecule has 150 valence electrons. The topological polar surface area (TPSA) is 68.8 Å². The molecule has 0 unspecified atom stereocenters. The van der Waals surface area contributed by atoms with Gasteiger partial charge in [0.25, 0.3) is 5.91 Å². The predicted octanol–water partition coefficient (Wildman–Crippen LogP) is 3.25. The van der Waals surface area contributed by atoms with E-state index in [4.69, 9.17) is 14.2 Å². The number of benzene rings is 2. The maximum Gasteiger partial charge on any atom is 0.251 e. The average Bonchev–Trinajstić information content (AvgIpc) is 3.26. The largest absolute Gasteiger partial charge is 0.493 e. The highest BCUT2D eigenvalue weighted by atomic mass is 16.5. The maximum absolute atomic E-state index is 12.5. The molecule has 6 heteroatoms. The molecular formula is C22H28N2O4. The van der Waals surface area contributed by atoms with E-state index in [0.29, 0.717) is 35.4 Å². The van der Waals surface area contributed by atoms with Gasteiger partial charge < -0.3 is 24.8 Å². The van der Waals surface area contributed by atoms with E-state index < -0.39 is 0 Å². The van der Waals surface area contributed by atoms with E-state index in [2.05, 4.69) is 10.6 Å². The van der Waals surface area contributed by atoms with Gasteiger partial charge in [-0.15, -0.1) is 0 Å². The summed E-state index contributed by atoms with van der Waals surface area (Å²) in [5.74, 6) is 1.64. The number of nitrogens with one attached hydrogen (secondary N) is 2. The summed E-state index contributed by atoms with van der Waals surface area (Å²) >= 11 is 0. The SMILES string of the molecule is COc1cc(-c2cccc(C(=O)NCC[C@H]3CCCN3)c2)cc(OC)c1OC. The molecule has 0 bridgehead atoms. The lowest BCUT2D eigenvalue weighted by Crippen LogP contribution is -2.30. The van der Waals surface area contributed by atoms with Crippen LogP contribution in [0.5, 0.6) is 17.2 Å². The van der Waals surface area contributed by atoms with Crippen LogP contribution in [-0.2, 0) is 0 Å². The van der Waals surface area contributed by atoms with Gasteiger partial charge in [0.1, 0.15) is 0 Å². The minimum Gasteiger partial charge on any atom is -0.493 e. The number of rotatable bonds is 8. The van der Waals surface area contributed by atoms with Crippen molar-refractivity contribution < 1.29 is 19.0 Å². The van der Waals surface area contributed by atoms with Gasteiger partial charge in [-0.3, -0.25) is 4.79 Å². The highest BCUT2D eigenvalue weighted by molar-refractivity contribution is 5.95. The van der Waals surface area contributed by atoms with Crippen LogP contribution < -0.4 is 24.8 Å². The van der Waals surface area contributed by atoms with E-state index in [0.717, 1.165) is 24.1 Å². The van der Waals surface area contributed by atoms with Gasteiger partial charge >= 0.3 is 0 Å². The zero-order chi connectivity index (χ0) is 19.9. The lowest BCUT2D eigenvalue weighted by Gasteiger charge is -2.15. The summed E-state index contributed by atoms with van der Waals surface area (Å²) in [5, 5.41) is 6.47. The Bertz CT molecular complexity index is 791. The molecule has 1 aliphatic rings. The Morgan fingerprint density at radius 3 is 2.43 bits per heavy atom. The van der Waals surface area contributed by atoms with Gasteiger partial charge in [-0.2, -0.15) is 0 Å². The van der Waals surface area contributed by atoms with Crippen molar-refractivity contribution in [3.8, 4) is 28.4 Å². The van der Waals surface area contributed by atoms with Crippen LogP contribution in [0.3, 0.4) is 0 Å². The molecule has 1 amide bonds. The fourth-order valence-electron chi connectivity index (χ4n) is 3.55. The minimum absolute atomic E-state index is 0.0627. The molecule has 3 rings (SSSR count). The first-order chi connectivity index (χ1) is 13.7. The van der Waals surface area contributed by atoms with Gasteiger partial charge in [0.2, 0.25) is 5.75 Å². The van der Waals surface area contributed by atoms with Crippen LogP contribution in [0.1, 0.15) is 29.6 Å². The molecule has 1 heterocycles. The van der Waals surface area contributed by atoms with Crippen LogP contribution in [0, 0.1) is 0 Å². The van der Waals surface area contributed by atoms with Crippen molar-refractivity contribution in [2.75, 3.05) is 34.4 Å². The van der Waals surface area contributed by atoms with E-state index in [1.807, 2.05) is 36.4 Å². The van der Waals surface area contributed by atoms with Crippen LogP contribution in [0.4, 0.5) is 0 Å². The maximum atomic E-state index is 12.5. The van der Waals surface area contributed by atoms with E-state index in [9.17, 15) is 4.79 Å². The second-order valence-corrected chi connectivity index (χ2v) is 6.83. The normalized spacial score (nSPS) is 15.9. The molecular weight excluding hydrogens is 356 g/mol. The van der Waals surface area contributed by atoms with E-state index in [1.165, 1.54) is 12.8 Å². The number of methoxy groups -OCH3 is 3. The monoisotopic (exact) mass is 384 g/mol. The fraction of sp³-hybridized carbons (Fsp3) is 0.409. The van der Waals surface area contributed by atoms with Gasteiger partial charge in [-0.25, -0.2) is 0 Å². The predicted molar refractivity (Wildman–Crippen MR) is 110 cm³/mol. The Balaban J connectivity index is 1.76. The first-order valence-corrected chi connectivity index (χ1v) is 9.58. The number of ether oxygens (including phenoxy) is 3. The first kappa shape index (κ1) is 20.0. The molecule has 1 fully saturated rings. The molecule has 2 aromatic carbocycles. The van der Waals surface area contributed by atoms with Gasteiger partial charge in [-0.05, 0) is 61.2 Å². The Hall–Kier alpha value is -2.73. The van der Waals surface area contributed by atoms with Crippen molar-refractivity contribution in [1.29, 1.82) is 0 Å². The quantitative estimate of drug-likeness (QED) is 0.731. The third-order valence-corrected chi connectivity index (χ3v) is 5.06. The first-order valence-electron chi connectivity index (χ1n) is 9.58. The molecule has 2 aromatic rings. The lowest BCUT2D eigenvalue weighted by molar-refractivity contribution is 0.0952. The number of carbonyl (C=O) groups excluding carboxylic acids is 1. The van der Waals surface area contributed by atoms with Gasteiger partial charge in [0.15, 0.2) is 11.5 Å². The molecule has 28 heavy (non-hydrogen) atoms. The summed E-state index contributed by atoms with van der Waals surface area (Å²) in [4.78, 5) is 12.5. The van der Waals surface area contributed by atoms with Crippen molar-refractivity contribution in [3.05, 3.63) is 42.0 Å². The van der Waals surface area contributed by atoms with E-state index in [1.54, 1.807) is 21.3 Å². The molecule has 0 radical (unpaired) electrons. The summed E-state index contributed by atoms with van der Waals surface area (Å²) in [7, 11) is 4.75. The van der Waals surface area contributed by atoms with Crippen LogP contribution in [-0.4, -0.2) is 46.4 Å². The van der Waals surface area contributed by atoms with Gasteiger partial charge in [0, 0.05) is 18.2 Å². The third kappa shape index (κ3) is 4.57. The third-order valence-electron chi connectivity index (χ3n) is 5.06. The second-order valence-electron chi connectivity index (χ2n) is 6.83. The smallest absolute Gasteiger partial charge is 0.251 e. The van der Waals surface area contributed by atoms with Gasteiger partial charge in [-0.1, -0.05) is 12.1 Å². The number of carbonyl (C=O) groups is 1. The summed E-state index contributed by atoms with van der Waals surface area (Å²) in [6.07, 6.45) is 3.36. The highest BCUT2D eigenvalue weighted by Gasteiger charge is 2.16. The zero-order valence-corrected chi connectivity index (χ0v) is 16.7. The molecule has 2 N–H and O–H groups in total. The number of hydrogen-bond acceptors (Lipinski definition) is 5. The van der Waals surface area contributed by atoms with Crippen LogP contribution in [0.25, 0.3) is 11.1 Å². The lowest BCUT2D eigenvalue weighted by atomic mass is 10.0. The Labute approximate surface area is 166 Å². The Kier molecular flexibility index (Phi) is 6.76. The standard InChI is InChI=1S/C22H28N2O4/c1-26-19-13-17(14-20(27-2)21(19)28-3)15-6-4-7-16(12-15)22(25)24-11-9-18-8-5-10-23-18/h4,6-7,12-14,18,23H,5,8-11H2,1-3H3,(H,24,25)/t18-/m1/s1. The zero-order valence-electron chi connectivity index (χ0n) is 16.7. The number of hydrogen-bond donors (Lipinski definition) is 2. The molecule has 1 aliphatic heterocycles. The summed E-state index contributed by atoms with van der Waals surface area (Å²) in [6, 6.07) is 11.8. The highest BCUT2D eigenvalue weighted by Crippen LogP contribution is 2.41. The van der Waals surface area contributed by atoms with Crippen LogP contribution in [0.2, 0.25) is 0 Å². The second kappa shape index (κ2) is 9.46. The van der Waals surface area contributed by atoms with E-state index >= 15 is 0 Å². The minimum atomic E-state index is -0.0627. The molecule has 0 spiro atoms. The summed E-state index contributed by atoms with van der Waals surface area (Å²) < 4.78 is 16.2.